The number of carbonyl (C=O) groups is 2. The summed E-state index contributed by atoms with van der Waals surface area (Å²) < 4.78 is 8.96. The maximum Gasteiger partial charge on any atom is 0.414 e. The molecule has 36 heavy (non-hydrogen) atoms. The Balaban J connectivity index is 0.000000455. The first-order valence-electron chi connectivity index (χ1n) is 11.8. The predicted octanol–water partition coefficient (Wildman–Crippen LogP) is 2.59. The molecule has 0 aliphatic carbocycles. The Kier molecular flexibility index (Phi) is 8.10. The summed E-state index contributed by atoms with van der Waals surface area (Å²) in [6, 6.07) is 12.5. The average Bonchev–Trinajstić information content (AvgIpc) is 3.22. The molecule has 0 radical (unpaired) electrons. The summed E-state index contributed by atoms with van der Waals surface area (Å²) in [6.07, 6.45) is 8.62. The van der Waals surface area contributed by atoms with Crippen molar-refractivity contribution in [3.63, 3.8) is 0 Å². The largest absolute Gasteiger partial charge is 0.473 e. The van der Waals surface area contributed by atoms with E-state index >= 15 is 0 Å². The number of piperidine rings is 1. The summed E-state index contributed by atoms with van der Waals surface area (Å²) in [4.78, 5) is 29.5. The maximum absolute atomic E-state index is 9.10. The van der Waals surface area contributed by atoms with Gasteiger partial charge < -0.3 is 24.4 Å². The van der Waals surface area contributed by atoms with E-state index in [0.717, 1.165) is 56.0 Å². The molecule has 0 spiro atoms. The molecular formula is C27H28N4O5. The Labute approximate surface area is 209 Å². The number of ether oxygens (including phenoxy) is 1. The SMILES string of the molecule is CN1CCC(OC2c3ccccc3CCn3c(C#Cc4cccnc4)cnc32)CC1.O=C(O)C(=O)O. The second-order valence-electron chi connectivity index (χ2n) is 8.72. The van der Waals surface area contributed by atoms with Gasteiger partial charge in [-0.1, -0.05) is 30.2 Å². The van der Waals surface area contributed by atoms with Gasteiger partial charge in [0.1, 0.15) is 17.6 Å². The number of nitrogens with zero attached hydrogens (tertiary/aromatic N) is 4. The first-order valence-corrected chi connectivity index (χ1v) is 11.8. The quantitative estimate of drug-likeness (QED) is 0.418. The van der Waals surface area contributed by atoms with Gasteiger partial charge in [-0.25, -0.2) is 14.6 Å². The van der Waals surface area contributed by atoms with E-state index in [1.54, 1.807) is 12.4 Å². The number of aliphatic carboxylic acids is 2. The number of imidazole rings is 1. The molecule has 3 aromatic rings. The molecule has 2 aromatic heterocycles. The van der Waals surface area contributed by atoms with Crippen molar-refractivity contribution in [2.45, 2.75) is 38.0 Å². The van der Waals surface area contributed by atoms with E-state index in [1.807, 2.05) is 18.3 Å². The van der Waals surface area contributed by atoms with Crippen LogP contribution in [0.15, 0.2) is 55.0 Å². The average molecular weight is 489 g/mol. The van der Waals surface area contributed by atoms with Gasteiger partial charge in [-0.15, -0.1) is 0 Å². The number of aryl methyl sites for hydroxylation is 1. The fourth-order valence-corrected chi connectivity index (χ4v) is 4.34. The van der Waals surface area contributed by atoms with Crippen molar-refractivity contribution < 1.29 is 24.5 Å². The number of carboxylic acid groups (broad SMARTS) is 2. The second-order valence-corrected chi connectivity index (χ2v) is 8.72. The Hall–Kier alpha value is -4.00. The Morgan fingerprint density at radius 3 is 2.44 bits per heavy atom. The van der Waals surface area contributed by atoms with Gasteiger partial charge in [-0.3, -0.25) is 4.98 Å². The molecule has 1 fully saturated rings. The van der Waals surface area contributed by atoms with Crippen LogP contribution in [-0.4, -0.2) is 67.8 Å². The van der Waals surface area contributed by atoms with Crippen LogP contribution in [0.25, 0.3) is 0 Å². The van der Waals surface area contributed by atoms with E-state index in [1.165, 1.54) is 11.1 Å². The van der Waals surface area contributed by atoms with Crippen LogP contribution in [0.1, 0.15) is 47.2 Å². The van der Waals surface area contributed by atoms with E-state index < -0.39 is 11.9 Å². The number of fused-ring (bicyclic) bond motifs is 2. The van der Waals surface area contributed by atoms with Crippen LogP contribution in [0.2, 0.25) is 0 Å². The molecule has 0 amide bonds. The molecule has 1 unspecified atom stereocenters. The Morgan fingerprint density at radius 1 is 1.00 bits per heavy atom. The number of pyridine rings is 1. The minimum atomic E-state index is -1.82. The van der Waals surface area contributed by atoms with Crippen molar-refractivity contribution in [1.29, 1.82) is 0 Å². The van der Waals surface area contributed by atoms with Crippen LogP contribution in [0.5, 0.6) is 0 Å². The van der Waals surface area contributed by atoms with Crippen molar-refractivity contribution in [3.8, 4) is 11.8 Å². The molecule has 186 valence electrons. The number of benzene rings is 1. The van der Waals surface area contributed by atoms with E-state index in [-0.39, 0.29) is 12.2 Å². The van der Waals surface area contributed by atoms with Crippen LogP contribution in [0, 0.1) is 11.8 Å². The highest BCUT2D eigenvalue weighted by Gasteiger charge is 2.30. The third-order valence-corrected chi connectivity index (χ3v) is 6.24. The zero-order valence-electron chi connectivity index (χ0n) is 20.0. The number of hydrogen-bond donors (Lipinski definition) is 2. The van der Waals surface area contributed by atoms with Crippen molar-refractivity contribution in [2.24, 2.45) is 0 Å². The molecule has 2 aliphatic rings. The highest BCUT2D eigenvalue weighted by molar-refractivity contribution is 6.27. The van der Waals surface area contributed by atoms with Crippen molar-refractivity contribution in [1.82, 2.24) is 19.4 Å². The van der Waals surface area contributed by atoms with Crippen LogP contribution in [0.3, 0.4) is 0 Å². The van der Waals surface area contributed by atoms with Gasteiger partial charge in [-0.05, 0) is 55.5 Å². The van der Waals surface area contributed by atoms with Gasteiger partial charge in [0.2, 0.25) is 0 Å². The first kappa shape index (κ1) is 25.1. The Bertz CT molecular complexity index is 1260. The van der Waals surface area contributed by atoms with Gasteiger partial charge >= 0.3 is 11.9 Å². The number of carboxylic acids is 2. The minimum absolute atomic E-state index is 0.147. The summed E-state index contributed by atoms with van der Waals surface area (Å²) >= 11 is 0. The molecule has 0 bridgehead atoms. The molecule has 9 heteroatoms. The van der Waals surface area contributed by atoms with Gasteiger partial charge in [0, 0.05) is 37.6 Å². The standard InChI is InChI=1S/C25H26N4O.C2H2O4/c1-28-14-11-22(12-15-28)30-24-23-7-3-2-6-20(23)10-16-29-21(18-27-25(24)29)9-8-19-5-4-13-26-17-19;3-1(4)2(5)6/h2-7,13,17-18,22,24H,10-12,14-16H2,1H3;(H,3,4)(H,5,6). The van der Waals surface area contributed by atoms with Gasteiger partial charge in [0.15, 0.2) is 0 Å². The highest BCUT2D eigenvalue weighted by atomic mass is 16.5. The van der Waals surface area contributed by atoms with Gasteiger partial charge in [-0.2, -0.15) is 0 Å². The molecule has 5 rings (SSSR count). The minimum Gasteiger partial charge on any atom is -0.473 e. The molecular weight excluding hydrogens is 460 g/mol. The smallest absolute Gasteiger partial charge is 0.414 e. The molecule has 1 atom stereocenters. The molecule has 1 aromatic carbocycles. The normalized spacial score (nSPS) is 17.3. The zero-order valence-corrected chi connectivity index (χ0v) is 20.0. The summed E-state index contributed by atoms with van der Waals surface area (Å²) in [5.74, 6) is 3.84. The van der Waals surface area contributed by atoms with Crippen LogP contribution < -0.4 is 0 Å². The van der Waals surface area contributed by atoms with E-state index in [9.17, 15) is 0 Å². The van der Waals surface area contributed by atoms with E-state index in [0.29, 0.717) is 0 Å². The van der Waals surface area contributed by atoms with Crippen molar-refractivity contribution >= 4 is 11.9 Å². The van der Waals surface area contributed by atoms with Gasteiger partial charge in [0.25, 0.3) is 0 Å². The predicted molar refractivity (Wildman–Crippen MR) is 131 cm³/mol. The lowest BCUT2D eigenvalue weighted by Crippen LogP contribution is -2.35. The summed E-state index contributed by atoms with van der Waals surface area (Å²) in [6.45, 7) is 3.02. The maximum atomic E-state index is 9.10. The third-order valence-electron chi connectivity index (χ3n) is 6.24. The molecule has 2 aliphatic heterocycles. The topological polar surface area (TPSA) is 118 Å². The number of aromatic nitrogens is 3. The lowest BCUT2D eigenvalue weighted by Gasteiger charge is -2.32. The number of hydrogen-bond acceptors (Lipinski definition) is 6. The fraction of sp³-hybridized carbons (Fsp3) is 0.333. The summed E-state index contributed by atoms with van der Waals surface area (Å²) in [5, 5.41) is 14.8. The molecule has 9 nitrogen and oxygen atoms in total. The highest BCUT2D eigenvalue weighted by Crippen LogP contribution is 2.34. The Morgan fingerprint density at radius 2 is 1.75 bits per heavy atom. The molecule has 0 saturated carbocycles. The lowest BCUT2D eigenvalue weighted by molar-refractivity contribution is -0.159. The monoisotopic (exact) mass is 488 g/mol. The van der Waals surface area contributed by atoms with E-state index in [4.69, 9.17) is 29.5 Å². The van der Waals surface area contributed by atoms with Crippen LogP contribution in [0.4, 0.5) is 0 Å². The number of rotatable bonds is 2. The number of likely N-dealkylation sites (tertiary alicyclic amines) is 1. The van der Waals surface area contributed by atoms with Gasteiger partial charge in [0.05, 0.1) is 12.3 Å². The van der Waals surface area contributed by atoms with E-state index in [2.05, 4.69) is 57.6 Å². The summed E-state index contributed by atoms with van der Waals surface area (Å²) in [5.41, 5.74) is 4.42. The van der Waals surface area contributed by atoms with Crippen molar-refractivity contribution in [2.75, 3.05) is 20.1 Å². The molecule has 4 heterocycles. The lowest BCUT2D eigenvalue weighted by atomic mass is 10.00. The molecule has 2 N–H and O–H groups in total. The second kappa shape index (κ2) is 11.6. The summed E-state index contributed by atoms with van der Waals surface area (Å²) in [7, 11) is 2.18. The third kappa shape index (κ3) is 6.16. The first-order chi connectivity index (χ1) is 17.4. The van der Waals surface area contributed by atoms with Crippen LogP contribution in [-0.2, 0) is 27.3 Å². The fourth-order valence-electron chi connectivity index (χ4n) is 4.34. The van der Waals surface area contributed by atoms with Crippen LogP contribution >= 0.6 is 0 Å². The zero-order chi connectivity index (χ0) is 25.5. The van der Waals surface area contributed by atoms with Crippen molar-refractivity contribution in [3.05, 3.63) is 83.2 Å². The molecule has 1 saturated heterocycles.